The molecule has 4 aliphatic carbocycles. The second-order valence-corrected chi connectivity index (χ2v) is 13.6. The Labute approximate surface area is 246 Å². The monoisotopic (exact) mass is 701 g/mol. The molecule has 0 aromatic carbocycles. The minimum Gasteiger partial charge on any atom is -0.620 e. The third-order valence-corrected chi connectivity index (χ3v) is 11.9. The average Bonchev–Trinajstić information content (AvgIpc) is 3.70. The topological polar surface area (TPSA) is 78.9 Å². The second kappa shape index (κ2) is 8.85. The van der Waals surface area contributed by atoms with Gasteiger partial charge < -0.3 is 21.0 Å². The molecule has 3 saturated carbocycles. The number of nitrogens with zero attached hydrogens (tertiary/aromatic N) is 5. The fourth-order valence-electron chi connectivity index (χ4n) is 8.72. The van der Waals surface area contributed by atoms with Crippen LogP contribution in [-0.2, 0) is 26.5 Å². The van der Waals surface area contributed by atoms with Gasteiger partial charge in [0.1, 0.15) is 0 Å². The van der Waals surface area contributed by atoms with Gasteiger partial charge in [-0.2, -0.15) is 0 Å². The zero-order valence-electron chi connectivity index (χ0n) is 23.7. The van der Waals surface area contributed by atoms with Crippen LogP contribution in [0.25, 0.3) is 22.5 Å². The Balaban J connectivity index is 0.000000138. The van der Waals surface area contributed by atoms with Crippen molar-refractivity contribution in [2.75, 3.05) is 0 Å². The third-order valence-electron chi connectivity index (χ3n) is 11.9. The molecule has 5 unspecified atom stereocenters. The van der Waals surface area contributed by atoms with Crippen LogP contribution in [-0.4, -0.2) is 21.1 Å². The van der Waals surface area contributed by atoms with E-state index in [1.165, 1.54) is 42.5 Å². The number of aromatic nitrogens is 4. The van der Waals surface area contributed by atoms with E-state index in [-0.39, 0.29) is 31.9 Å². The molecule has 5 atom stereocenters. The number of rotatable bonds is 2. The Morgan fingerprint density at radius 1 is 0.821 bits per heavy atom. The average molecular weight is 702 g/mol. The predicted octanol–water partition coefficient (Wildman–Crippen LogP) is 6.78. The molecule has 1 N–H and O–H groups in total. The van der Waals surface area contributed by atoms with Gasteiger partial charge in [0.15, 0.2) is 0 Å². The Hall–Kier alpha value is -2.30. The molecule has 5 aliphatic rings. The van der Waals surface area contributed by atoms with Crippen molar-refractivity contribution in [2.45, 2.75) is 84.6 Å². The molecule has 4 bridgehead atoms. The maximum absolute atomic E-state index is 4.61. The van der Waals surface area contributed by atoms with Crippen LogP contribution >= 0.6 is 0 Å². The number of fused-ring (bicyclic) bond motifs is 10. The van der Waals surface area contributed by atoms with E-state index in [2.05, 4.69) is 78.6 Å². The maximum atomic E-state index is 4.61. The molecule has 0 amide bonds. The fourth-order valence-corrected chi connectivity index (χ4v) is 8.72. The predicted molar refractivity (Wildman–Crippen MR) is 150 cm³/mol. The SMILES string of the molecule is CC1(C)C2CCC1(C)C1N[N-]C(c3ccccn3)=C21.CC12CCC(c3c1n[n-]c3-c1ccccn1)C2(C)C.[Pt+2]. The van der Waals surface area contributed by atoms with Crippen LogP contribution in [0.4, 0.5) is 0 Å². The quantitative estimate of drug-likeness (QED) is 0.319. The molecule has 0 radical (unpaired) electrons. The number of hydrogen-bond acceptors (Lipinski definition) is 4. The molecule has 39 heavy (non-hydrogen) atoms. The summed E-state index contributed by atoms with van der Waals surface area (Å²) < 4.78 is 0. The van der Waals surface area contributed by atoms with Gasteiger partial charge in [-0.25, -0.2) is 0 Å². The van der Waals surface area contributed by atoms with Gasteiger partial charge in [0, 0.05) is 40.9 Å². The number of hydrogen-bond donors (Lipinski definition) is 1. The van der Waals surface area contributed by atoms with Gasteiger partial charge in [-0.05, 0) is 83.6 Å². The zero-order chi connectivity index (χ0) is 26.5. The van der Waals surface area contributed by atoms with Crippen molar-refractivity contribution in [1.82, 2.24) is 25.6 Å². The molecule has 7 heteroatoms. The molecule has 0 saturated heterocycles. The van der Waals surface area contributed by atoms with Crippen molar-refractivity contribution < 1.29 is 21.1 Å². The van der Waals surface area contributed by atoms with E-state index >= 15 is 0 Å². The van der Waals surface area contributed by atoms with Crippen molar-refractivity contribution in [2.24, 2.45) is 22.2 Å². The number of pyridine rings is 2. The van der Waals surface area contributed by atoms with Crippen LogP contribution in [0.5, 0.6) is 0 Å². The van der Waals surface area contributed by atoms with Crippen LogP contribution in [0.3, 0.4) is 0 Å². The molecule has 3 aromatic rings. The first-order chi connectivity index (χ1) is 18.1. The van der Waals surface area contributed by atoms with Gasteiger partial charge in [-0.15, -0.1) is 5.70 Å². The van der Waals surface area contributed by atoms with Gasteiger partial charge in [0.05, 0.1) is 0 Å². The summed E-state index contributed by atoms with van der Waals surface area (Å²) in [7, 11) is 0. The molecular formula is C32H38N6Pt. The first-order valence-electron chi connectivity index (χ1n) is 14.2. The summed E-state index contributed by atoms with van der Waals surface area (Å²) in [6.45, 7) is 14.4. The Bertz CT molecular complexity index is 1430. The molecule has 6 nitrogen and oxygen atoms in total. The van der Waals surface area contributed by atoms with Crippen molar-refractivity contribution in [3.8, 4) is 11.4 Å². The van der Waals surface area contributed by atoms with E-state index in [1.54, 1.807) is 0 Å². The van der Waals surface area contributed by atoms with E-state index in [9.17, 15) is 0 Å². The Kier molecular flexibility index (Phi) is 6.10. The van der Waals surface area contributed by atoms with Gasteiger partial charge in [-0.1, -0.05) is 64.9 Å². The minimum atomic E-state index is 0. The summed E-state index contributed by atoms with van der Waals surface area (Å²) in [6.07, 6.45) is 8.77. The third kappa shape index (κ3) is 3.37. The standard InChI is InChI=1S/C16H20N3.C16H18N3.Pt/c2*1-15(2)10-7-8-16(15,3)14-12(10)13(18-19-14)11-6-4-5-9-17-11;/h4-6,9-10,14,19H,7-8H2,1-3H3;4-6,9-10H,7-8H2,1-3H3;/q2*-1;+2. The number of nitrogens with one attached hydrogen (secondary N) is 1. The summed E-state index contributed by atoms with van der Waals surface area (Å²) in [5.74, 6) is 1.23. The van der Waals surface area contributed by atoms with Crippen molar-refractivity contribution in [3.05, 3.63) is 76.7 Å². The maximum Gasteiger partial charge on any atom is 2.00 e. The fraction of sp³-hybridized carbons (Fsp3) is 0.531. The summed E-state index contributed by atoms with van der Waals surface area (Å²) in [5, 5.41) is 8.98. The molecule has 3 aromatic heterocycles. The van der Waals surface area contributed by atoms with E-state index in [0.29, 0.717) is 28.7 Å². The van der Waals surface area contributed by atoms with Crippen LogP contribution in [0.2, 0.25) is 0 Å². The second-order valence-electron chi connectivity index (χ2n) is 13.6. The molecule has 0 spiro atoms. The summed E-state index contributed by atoms with van der Waals surface area (Å²) in [4.78, 5) is 8.93. The van der Waals surface area contributed by atoms with E-state index < -0.39 is 0 Å². The molecule has 4 heterocycles. The van der Waals surface area contributed by atoms with Crippen LogP contribution in [0.1, 0.15) is 90.1 Å². The van der Waals surface area contributed by atoms with Crippen LogP contribution in [0.15, 0.2) is 54.4 Å². The minimum absolute atomic E-state index is 0. The summed E-state index contributed by atoms with van der Waals surface area (Å²) >= 11 is 0. The molecule has 1 aliphatic heterocycles. The van der Waals surface area contributed by atoms with Gasteiger partial charge >= 0.3 is 21.1 Å². The van der Waals surface area contributed by atoms with Crippen molar-refractivity contribution in [1.29, 1.82) is 0 Å². The van der Waals surface area contributed by atoms with Gasteiger partial charge in [0.25, 0.3) is 0 Å². The van der Waals surface area contributed by atoms with Crippen LogP contribution < -0.4 is 10.5 Å². The van der Waals surface area contributed by atoms with Crippen LogP contribution in [0, 0.1) is 22.2 Å². The Morgan fingerprint density at radius 3 is 2.15 bits per heavy atom. The van der Waals surface area contributed by atoms with E-state index in [0.717, 1.165) is 22.8 Å². The van der Waals surface area contributed by atoms with Gasteiger partial charge in [0.2, 0.25) is 0 Å². The first kappa shape index (κ1) is 26.9. The smallest absolute Gasteiger partial charge is 0.620 e. The molecule has 206 valence electrons. The molecule has 8 rings (SSSR count). The first-order valence-corrected chi connectivity index (χ1v) is 14.2. The summed E-state index contributed by atoms with van der Waals surface area (Å²) in [5.41, 5.74) is 17.4. The van der Waals surface area contributed by atoms with E-state index in [1.807, 2.05) is 42.7 Å². The zero-order valence-corrected chi connectivity index (χ0v) is 26.0. The van der Waals surface area contributed by atoms with E-state index in [4.69, 9.17) is 0 Å². The molecular weight excluding hydrogens is 663 g/mol. The Morgan fingerprint density at radius 2 is 1.49 bits per heavy atom. The van der Waals surface area contributed by atoms with Crippen molar-refractivity contribution >= 4 is 5.70 Å². The van der Waals surface area contributed by atoms with Crippen molar-refractivity contribution in [3.63, 3.8) is 0 Å². The summed E-state index contributed by atoms with van der Waals surface area (Å²) in [6, 6.07) is 12.5. The molecule has 3 fully saturated rings. The van der Waals surface area contributed by atoms with Gasteiger partial charge in [-0.3, -0.25) is 9.97 Å². The normalized spacial score (nSPS) is 33.6. The largest absolute Gasteiger partial charge is 2.00 e.